The van der Waals surface area contributed by atoms with Crippen LogP contribution >= 0.6 is 0 Å². The molecule has 1 N–H and O–H groups in total. The van der Waals surface area contributed by atoms with Crippen molar-refractivity contribution in [1.82, 2.24) is 5.32 Å². The van der Waals surface area contributed by atoms with E-state index in [0.717, 1.165) is 36.8 Å². The molecule has 4 nitrogen and oxygen atoms in total. The summed E-state index contributed by atoms with van der Waals surface area (Å²) in [5, 5.41) is 2.89. The van der Waals surface area contributed by atoms with Crippen molar-refractivity contribution < 1.29 is 14.3 Å². The fourth-order valence-corrected chi connectivity index (χ4v) is 3.29. The second kappa shape index (κ2) is 7.43. The molecule has 0 aromatic heterocycles. The summed E-state index contributed by atoms with van der Waals surface area (Å²) in [6.07, 6.45) is 5.35. The highest BCUT2D eigenvalue weighted by Gasteiger charge is 2.31. The minimum absolute atomic E-state index is 0.177. The summed E-state index contributed by atoms with van der Waals surface area (Å²) in [5.41, 5.74) is 2.68. The largest absolute Gasteiger partial charge is 0.467 e. The van der Waals surface area contributed by atoms with Crippen LogP contribution in [0.3, 0.4) is 0 Å². The van der Waals surface area contributed by atoms with Gasteiger partial charge in [0.1, 0.15) is 6.04 Å². The van der Waals surface area contributed by atoms with Gasteiger partial charge >= 0.3 is 5.97 Å². The van der Waals surface area contributed by atoms with Gasteiger partial charge in [-0.05, 0) is 44.7 Å². The van der Waals surface area contributed by atoms with E-state index in [-0.39, 0.29) is 17.8 Å². The normalized spacial score (nSPS) is 16.9. The quantitative estimate of drug-likeness (QED) is 0.869. The Hall–Kier alpha value is -1.84. The van der Waals surface area contributed by atoms with E-state index in [1.165, 1.54) is 13.5 Å². The molecule has 0 bridgehead atoms. The van der Waals surface area contributed by atoms with Gasteiger partial charge in [0.2, 0.25) is 0 Å². The van der Waals surface area contributed by atoms with Crippen molar-refractivity contribution >= 4 is 11.9 Å². The van der Waals surface area contributed by atoms with Crippen molar-refractivity contribution in [3.05, 3.63) is 34.9 Å². The Balaban J connectivity index is 2.14. The summed E-state index contributed by atoms with van der Waals surface area (Å²) in [6.45, 7) is 3.92. The number of esters is 1. The number of nitrogens with one attached hydrogen (secondary N) is 1. The second-order valence-corrected chi connectivity index (χ2v) is 6.25. The van der Waals surface area contributed by atoms with Crippen molar-refractivity contribution in [2.24, 2.45) is 5.92 Å². The molecule has 2 rings (SSSR count). The third-order valence-electron chi connectivity index (χ3n) is 4.35. The van der Waals surface area contributed by atoms with Crippen molar-refractivity contribution in [3.8, 4) is 0 Å². The topological polar surface area (TPSA) is 55.4 Å². The molecule has 0 radical (unpaired) electrons. The Morgan fingerprint density at radius 1 is 1.09 bits per heavy atom. The standard InChI is InChI=1S/C18H25NO3/c1-12-9-13(2)11-15(10-12)17(20)19-16(18(21)22-3)14-7-5-4-6-8-14/h9-11,14,16H,4-8H2,1-3H3,(H,19,20)/t16-/m1/s1. The molecule has 1 fully saturated rings. The monoisotopic (exact) mass is 303 g/mol. The summed E-state index contributed by atoms with van der Waals surface area (Å²) in [6, 6.07) is 5.17. The molecule has 0 heterocycles. The number of hydrogen-bond acceptors (Lipinski definition) is 3. The average Bonchev–Trinajstić information content (AvgIpc) is 2.51. The van der Waals surface area contributed by atoms with E-state index in [9.17, 15) is 9.59 Å². The molecule has 0 spiro atoms. The number of hydrogen-bond donors (Lipinski definition) is 1. The van der Waals surface area contributed by atoms with E-state index in [1.807, 2.05) is 32.0 Å². The highest BCUT2D eigenvalue weighted by molar-refractivity contribution is 5.97. The SMILES string of the molecule is COC(=O)[C@H](NC(=O)c1cc(C)cc(C)c1)C1CCCCC1. The highest BCUT2D eigenvalue weighted by atomic mass is 16.5. The zero-order valence-electron chi connectivity index (χ0n) is 13.6. The maximum absolute atomic E-state index is 12.5. The van der Waals surface area contributed by atoms with Crippen LogP contribution in [0.4, 0.5) is 0 Å². The first-order valence-corrected chi connectivity index (χ1v) is 7.98. The molecule has 1 atom stereocenters. The number of benzene rings is 1. The van der Waals surface area contributed by atoms with Crippen molar-refractivity contribution in [2.75, 3.05) is 7.11 Å². The van der Waals surface area contributed by atoms with E-state index >= 15 is 0 Å². The second-order valence-electron chi connectivity index (χ2n) is 6.25. The molecule has 1 aromatic rings. The Morgan fingerprint density at radius 3 is 2.23 bits per heavy atom. The number of amides is 1. The first-order valence-electron chi connectivity index (χ1n) is 7.98. The average molecular weight is 303 g/mol. The molecule has 1 aromatic carbocycles. The fourth-order valence-electron chi connectivity index (χ4n) is 3.29. The van der Waals surface area contributed by atoms with Gasteiger partial charge in [0, 0.05) is 5.56 Å². The lowest BCUT2D eigenvalue weighted by atomic mass is 9.83. The predicted molar refractivity (Wildman–Crippen MR) is 85.8 cm³/mol. The molecule has 120 valence electrons. The van der Waals surface area contributed by atoms with Gasteiger partial charge in [0.25, 0.3) is 5.91 Å². The minimum Gasteiger partial charge on any atom is -0.467 e. The number of rotatable bonds is 4. The Bertz CT molecular complexity index is 527. The van der Waals surface area contributed by atoms with E-state index < -0.39 is 6.04 Å². The first-order chi connectivity index (χ1) is 10.5. The molecule has 1 aliphatic carbocycles. The fraction of sp³-hybridized carbons (Fsp3) is 0.556. The summed E-state index contributed by atoms with van der Waals surface area (Å²) >= 11 is 0. The summed E-state index contributed by atoms with van der Waals surface area (Å²) in [5.74, 6) is -0.367. The lowest BCUT2D eigenvalue weighted by molar-refractivity contribution is -0.144. The number of carbonyl (C=O) groups is 2. The van der Waals surface area contributed by atoms with Gasteiger partial charge in [-0.15, -0.1) is 0 Å². The van der Waals surface area contributed by atoms with Crippen LogP contribution < -0.4 is 5.32 Å². The van der Waals surface area contributed by atoms with Crippen LogP contribution in [0.5, 0.6) is 0 Å². The molecular formula is C18H25NO3. The van der Waals surface area contributed by atoms with Crippen molar-refractivity contribution in [2.45, 2.75) is 52.0 Å². The summed E-state index contributed by atoms with van der Waals surface area (Å²) in [4.78, 5) is 24.6. The third kappa shape index (κ3) is 4.09. The highest BCUT2D eigenvalue weighted by Crippen LogP contribution is 2.27. The lowest BCUT2D eigenvalue weighted by Gasteiger charge is -2.29. The van der Waals surface area contributed by atoms with Crippen molar-refractivity contribution in [3.63, 3.8) is 0 Å². The number of aryl methyl sites for hydroxylation is 2. The number of carbonyl (C=O) groups excluding carboxylic acids is 2. The number of ether oxygens (including phenoxy) is 1. The van der Waals surface area contributed by atoms with Gasteiger partial charge < -0.3 is 10.1 Å². The van der Waals surface area contributed by atoms with Gasteiger partial charge in [0.05, 0.1) is 7.11 Å². The molecule has 22 heavy (non-hydrogen) atoms. The zero-order valence-corrected chi connectivity index (χ0v) is 13.6. The summed E-state index contributed by atoms with van der Waals surface area (Å²) < 4.78 is 4.90. The van der Waals surface area contributed by atoms with Crippen LogP contribution in [0.2, 0.25) is 0 Å². The molecule has 1 aliphatic rings. The van der Waals surface area contributed by atoms with Crippen LogP contribution in [0, 0.1) is 19.8 Å². The van der Waals surface area contributed by atoms with Crippen molar-refractivity contribution in [1.29, 1.82) is 0 Å². The maximum Gasteiger partial charge on any atom is 0.328 e. The molecule has 0 aliphatic heterocycles. The Morgan fingerprint density at radius 2 is 1.68 bits per heavy atom. The maximum atomic E-state index is 12.5. The molecule has 0 unspecified atom stereocenters. The third-order valence-corrected chi connectivity index (χ3v) is 4.35. The van der Waals surface area contributed by atoms with Crippen LogP contribution in [-0.2, 0) is 9.53 Å². The van der Waals surface area contributed by atoms with Gasteiger partial charge in [0.15, 0.2) is 0 Å². The first kappa shape index (κ1) is 16.5. The van der Waals surface area contributed by atoms with Crippen LogP contribution in [-0.4, -0.2) is 25.0 Å². The predicted octanol–water partition coefficient (Wildman–Crippen LogP) is 3.16. The Kier molecular flexibility index (Phi) is 5.58. The smallest absolute Gasteiger partial charge is 0.328 e. The minimum atomic E-state index is -0.543. The van der Waals surface area contributed by atoms with Crippen LogP contribution in [0.15, 0.2) is 18.2 Å². The van der Waals surface area contributed by atoms with E-state index in [2.05, 4.69) is 5.32 Å². The van der Waals surface area contributed by atoms with Crippen LogP contribution in [0.1, 0.15) is 53.6 Å². The van der Waals surface area contributed by atoms with E-state index in [4.69, 9.17) is 4.74 Å². The summed E-state index contributed by atoms with van der Waals surface area (Å²) in [7, 11) is 1.38. The van der Waals surface area contributed by atoms with Crippen LogP contribution in [0.25, 0.3) is 0 Å². The zero-order chi connectivity index (χ0) is 16.1. The molecule has 4 heteroatoms. The molecule has 0 saturated heterocycles. The molecular weight excluding hydrogens is 278 g/mol. The molecule has 1 amide bonds. The van der Waals surface area contributed by atoms with Gasteiger partial charge in [-0.25, -0.2) is 4.79 Å². The van der Waals surface area contributed by atoms with E-state index in [1.54, 1.807) is 0 Å². The van der Waals surface area contributed by atoms with E-state index in [0.29, 0.717) is 5.56 Å². The number of methoxy groups -OCH3 is 1. The van der Waals surface area contributed by atoms with Gasteiger partial charge in [-0.1, -0.05) is 36.5 Å². The van der Waals surface area contributed by atoms with Gasteiger partial charge in [-0.3, -0.25) is 4.79 Å². The molecule has 1 saturated carbocycles. The lowest BCUT2D eigenvalue weighted by Crippen LogP contribution is -2.47. The Labute approximate surface area is 132 Å². The van der Waals surface area contributed by atoms with Gasteiger partial charge in [-0.2, -0.15) is 0 Å².